The van der Waals surface area contributed by atoms with Gasteiger partial charge in [0.1, 0.15) is 11.4 Å². The monoisotopic (exact) mass is 541 g/mol. The SMILES string of the molecule is COCCNC(=O)c1ccc(-c2ncc(C(=O)N(C3CC3)C3CCN(C(=O)OC(C)(C)C)CC3)cn2)cc1F. The molecule has 1 N–H and O–H groups in total. The Morgan fingerprint density at radius 3 is 2.28 bits per heavy atom. The van der Waals surface area contributed by atoms with Crippen LogP contribution in [0.25, 0.3) is 11.4 Å². The number of benzene rings is 1. The zero-order valence-electron chi connectivity index (χ0n) is 22.9. The number of nitrogens with zero attached hydrogens (tertiary/aromatic N) is 4. The number of halogens is 1. The molecule has 11 heteroatoms. The van der Waals surface area contributed by atoms with Crippen LogP contribution >= 0.6 is 0 Å². The van der Waals surface area contributed by atoms with Crippen molar-refractivity contribution in [1.29, 1.82) is 0 Å². The summed E-state index contributed by atoms with van der Waals surface area (Å²) in [5.41, 5.74) is 0.116. The van der Waals surface area contributed by atoms with Crippen LogP contribution in [0.5, 0.6) is 0 Å². The molecule has 1 aromatic heterocycles. The van der Waals surface area contributed by atoms with Gasteiger partial charge in [-0.3, -0.25) is 9.59 Å². The number of amides is 3. The summed E-state index contributed by atoms with van der Waals surface area (Å²) in [6, 6.07) is 4.34. The summed E-state index contributed by atoms with van der Waals surface area (Å²) in [6.07, 6.45) is 5.82. The molecule has 0 spiro atoms. The van der Waals surface area contributed by atoms with Crippen molar-refractivity contribution in [2.75, 3.05) is 33.4 Å². The number of carbonyl (C=O) groups excluding carboxylic acids is 3. The average molecular weight is 542 g/mol. The Labute approximate surface area is 227 Å². The van der Waals surface area contributed by atoms with Gasteiger partial charge in [-0.15, -0.1) is 0 Å². The molecule has 210 valence electrons. The summed E-state index contributed by atoms with van der Waals surface area (Å²) < 4.78 is 25.0. The van der Waals surface area contributed by atoms with Gasteiger partial charge in [0.25, 0.3) is 11.8 Å². The standard InChI is InChI=1S/C28H36FN5O5/c1-28(2,3)39-27(37)33-12-9-21(10-13-33)34(20-6-7-20)26(36)19-16-31-24(32-17-19)18-5-8-22(23(29)15-18)25(35)30-11-14-38-4/h5,8,15-17,20-21H,6-7,9-14H2,1-4H3,(H,30,35). The molecule has 0 atom stereocenters. The van der Waals surface area contributed by atoms with Gasteiger partial charge in [-0.1, -0.05) is 6.07 Å². The maximum absolute atomic E-state index is 14.6. The molecule has 4 rings (SSSR count). The third-order valence-electron chi connectivity index (χ3n) is 6.65. The van der Waals surface area contributed by atoms with Crippen molar-refractivity contribution in [2.24, 2.45) is 0 Å². The Hall–Kier alpha value is -3.60. The van der Waals surface area contributed by atoms with E-state index in [1.54, 1.807) is 11.0 Å². The minimum atomic E-state index is -0.691. The Kier molecular flexibility index (Phi) is 8.79. The third-order valence-corrected chi connectivity index (χ3v) is 6.65. The van der Waals surface area contributed by atoms with Gasteiger partial charge in [-0.2, -0.15) is 0 Å². The summed E-state index contributed by atoms with van der Waals surface area (Å²) in [6.45, 7) is 7.18. The summed E-state index contributed by atoms with van der Waals surface area (Å²) >= 11 is 0. The molecule has 3 amide bonds. The Morgan fingerprint density at radius 1 is 1.08 bits per heavy atom. The van der Waals surface area contributed by atoms with Crippen LogP contribution in [0.15, 0.2) is 30.6 Å². The first-order valence-corrected chi connectivity index (χ1v) is 13.3. The van der Waals surface area contributed by atoms with E-state index in [4.69, 9.17) is 9.47 Å². The van der Waals surface area contributed by atoms with E-state index in [9.17, 15) is 18.8 Å². The van der Waals surface area contributed by atoms with E-state index in [0.717, 1.165) is 12.8 Å². The number of nitrogens with one attached hydrogen (secondary N) is 1. The predicted molar refractivity (Wildman–Crippen MR) is 142 cm³/mol. The molecular weight excluding hydrogens is 505 g/mol. The molecule has 1 aliphatic heterocycles. The van der Waals surface area contributed by atoms with E-state index >= 15 is 0 Å². The topological polar surface area (TPSA) is 114 Å². The maximum atomic E-state index is 14.6. The molecule has 0 unspecified atom stereocenters. The predicted octanol–water partition coefficient (Wildman–Crippen LogP) is 3.66. The molecule has 0 bridgehead atoms. The molecule has 10 nitrogen and oxygen atoms in total. The number of rotatable bonds is 8. The van der Waals surface area contributed by atoms with Gasteiger partial charge < -0.3 is 24.6 Å². The Bertz CT molecular complexity index is 1190. The first kappa shape index (κ1) is 28.4. The van der Waals surface area contributed by atoms with Crippen LogP contribution in [-0.2, 0) is 9.47 Å². The fraction of sp³-hybridized carbons (Fsp3) is 0.536. The third kappa shape index (κ3) is 7.29. The van der Waals surface area contributed by atoms with Crippen LogP contribution in [0.1, 0.15) is 67.2 Å². The lowest BCUT2D eigenvalue weighted by atomic mass is 10.0. The highest BCUT2D eigenvalue weighted by molar-refractivity contribution is 5.95. The minimum absolute atomic E-state index is 0.0139. The fourth-order valence-corrected chi connectivity index (χ4v) is 4.57. The molecule has 2 fully saturated rings. The van der Waals surface area contributed by atoms with Crippen LogP contribution in [0.4, 0.5) is 9.18 Å². The second-order valence-corrected chi connectivity index (χ2v) is 10.9. The Morgan fingerprint density at radius 2 is 1.72 bits per heavy atom. The van der Waals surface area contributed by atoms with Crippen molar-refractivity contribution in [1.82, 2.24) is 25.1 Å². The van der Waals surface area contributed by atoms with E-state index in [1.807, 2.05) is 25.7 Å². The van der Waals surface area contributed by atoms with Crippen molar-refractivity contribution in [3.8, 4) is 11.4 Å². The van der Waals surface area contributed by atoms with E-state index in [1.165, 1.54) is 31.6 Å². The van der Waals surface area contributed by atoms with Crippen molar-refractivity contribution in [2.45, 2.75) is 64.1 Å². The second kappa shape index (κ2) is 12.1. The van der Waals surface area contributed by atoms with Gasteiger partial charge in [0.05, 0.1) is 17.7 Å². The quantitative estimate of drug-likeness (QED) is 0.508. The lowest BCUT2D eigenvalue weighted by molar-refractivity contribution is 0.0142. The van der Waals surface area contributed by atoms with Gasteiger partial charge in [0, 0.05) is 56.8 Å². The van der Waals surface area contributed by atoms with E-state index in [2.05, 4.69) is 15.3 Å². The van der Waals surface area contributed by atoms with Crippen molar-refractivity contribution in [3.05, 3.63) is 47.5 Å². The number of piperidine rings is 1. The van der Waals surface area contributed by atoms with Crippen LogP contribution in [0.3, 0.4) is 0 Å². The van der Waals surface area contributed by atoms with Gasteiger partial charge in [0.2, 0.25) is 0 Å². The number of methoxy groups -OCH3 is 1. The summed E-state index contributed by atoms with van der Waals surface area (Å²) in [5.74, 6) is -1.12. The molecule has 39 heavy (non-hydrogen) atoms. The van der Waals surface area contributed by atoms with Gasteiger partial charge in [0.15, 0.2) is 5.82 Å². The first-order valence-electron chi connectivity index (χ1n) is 13.3. The number of ether oxygens (including phenoxy) is 2. The lowest BCUT2D eigenvalue weighted by Gasteiger charge is -2.39. The zero-order valence-corrected chi connectivity index (χ0v) is 22.9. The Balaban J connectivity index is 1.40. The molecule has 0 radical (unpaired) electrons. The number of carbonyl (C=O) groups is 3. The van der Waals surface area contributed by atoms with Crippen molar-refractivity contribution >= 4 is 17.9 Å². The number of aromatic nitrogens is 2. The number of hydrogen-bond acceptors (Lipinski definition) is 7. The van der Waals surface area contributed by atoms with Crippen molar-refractivity contribution in [3.63, 3.8) is 0 Å². The van der Waals surface area contributed by atoms with Gasteiger partial charge in [-0.05, 0) is 58.6 Å². The molecule has 1 saturated carbocycles. The molecule has 1 aliphatic carbocycles. The maximum Gasteiger partial charge on any atom is 0.410 e. The summed E-state index contributed by atoms with van der Waals surface area (Å²) in [5, 5.41) is 2.59. The minimum Gasteiger partial charge on any atom is -0.444 e. The average Bonchev–Trinajstić information content (AvgIpc) is 3.73. The van der Waals surface area contributed by atoms with Crippen molar-refractivity contribution < 1.29 is 28.2 Å². The van der Waals surface area contributed by atoms with E-state index in [-0.39, 0.29) is 42.0 Å². The highest BCUT2D eigenvalue weighted by atomic mass is 19.1. The molecule has 1 saturated heterocycles. The summed E-state index contributed by atoms with van der Waals surface area (Å²) in [4.78, 5) is 50.3. The largest absolute Gasteiger partial charge is 0.444 e. The zero-order chi connectivity index (χ0) is 28.2. The van der Waals surface area contributed by atoms with Gasteiger partial charge in [-0.25, -0.2) is 19.2 Å². The van der Waals surface area contributed by atoms with Crippen LogP contribution in [0.2, 0.25) is 0 Å². The molecule has 2 heterocycles. The fourth-order valence-electron chi connectivity index (χ4n) is 4.57. The highest BCUT2D eigenvalue weighted by Gasteiger charge is 2.40. The van der Waals surface area contributed by atoms with Crippen LogP contribution in [0, 0.1) is 5.82 Å². The van der Waals surface area contributed by atoms with E-state index in [0.29, 0.717) is 43.7 Å². The molecular formula is C28H36FN5O5. The van der Waals surface area contributed by atoms with Gasteiger partial charge >= 0.3 is 6.09 Å². The molecule has 2 aliphatic rings. The molecule has 1 aromatic carbocycles. The van der Waals surface area contributed by atoms with Crippen LogP contribution in [-0.4, -0.2) is 88.7 Å². The second-order valence-electron chi connectivity index (χ2n) is 10.9. The lowest BCUT2D eigenvalue weighted by Crippen LogP contribution is -2.50. The van der Waals surface area contributed by atoms with E-state index < -0.39 is 17.3 Å². The van der Waals surface area contributed by atoms with Crippen LogP contribution < -0.4 is 5.32 Å². The highest BCUT2D eigenvalue weighted by Crippen LogP contribution is 2.33. The number of hydrogen-bond donors (Lipinski definition) is 1. The smallest absolute Gasteiger partial charge is 0.410 e. The summed E-state index contributed by atoms with van der Waals surface area (Å²) in [7, 11) is 1.52. The number of likely N-dealkylation sites (tertiary alicyclic amines) is 1. The first-order chi connectivity index (χ1) is 18.6. The molecule has 2 aromatic rings. The normalized spacial score (nSPS) is 16.1.